The van der Waals surface area contributed by atoms with E-state index in [0.717, 1.165) is 28.2 Å². The van der Waals surface area contributed by atoms with Crippen molar-refractivity contribution in [2.45, 2.75) is 22.4 Å². The quantitative estimate of drug-likeness (QED) is 0.234. The maximum Gasteiger partial charge on any atom is 0.387 e. The third-order valence-corrected chi connectivity index (χ3v) is 8.39. The molecule has 0 fully saturated rings. The molecule has 4 aromatic rings. The fourth-order valence-electron chi connectivity index (χ4n) is 3.67. The van der Waals surface area contributed by atoms with Crippen LogP contribution in [0.1, 0.15) is 5.69 Å². The van der Waals surface area contributed by atoms with E-state index in [2.05, 4.69) is 14.7 Å². The lowest BCUT2D eigenvalue weighted by atomic mass is 10.3. The normalized spacial score (nSPS) is 12.3. The van der Waals surface area contributed by atoms with Crippen LogP contribution in [0.4, 0.5) is 8.78 Å². The van der Waals surface area contributed by atoms with Gasteiger partial charge in [-0.3, -0.25) is 9.19 Å². The fraction of sp³-hybridized carbons (Fsp3) is 0.208. The molecule has 0 bridgehead atoms. The van der Waals surface area contributed by atoms with Crippen molar-refractivity contribution < 1.29 is 50.3 Å². The number of alkyl halides is 2. The molecule has 2 aromatic carbocycles. The molecule has 0 spiro atoms. The van der Waals surface area contributed by atoms with Crippen LogP contribution >= 0.6 is 0 Å². The number of hydrogen-bond donors (Lipinski definition) is 0. The van der Waals surface area contributed by atoms with E-state index in [9.17, 15) is 31.3 Å². The Bertz CT molecular complexity index is 1680. The number of aliphatic carboxylic acids is 1. The summed E-state index contributed by atoms with van der Waals surface area (Å²) in [5.41, 5.74) is 0.0460. The van der Waals surface area contributed by atoms with E-state index < -0.39 is 45.2 Å². The molecule has 0 aliphatic rings. The minimum atomic E-state index is -4.49. The first kappa shape index (κ1) is 28.7. The van der Waals surface area contributed by atoms with Crippen molar-refractivity contribution in [3.05, 3.63) is 60.4 Å². The molecule has 40 heavy (non-hydrogen) atoms. The summed E-state index contributed by atoms with van der Waals surface area (Å²) in [5, 5.41) is 10.2. The van der Waals surface area contributed by atoms with Gasteiger partial charge in [0, 0.05) is 18.3 Å². The Kier molecular flexibility index (Phi) is 8.49. The Morgan fingerprint density at radius 2 is 1.77 bits per heavy atom. The highest BCUT2D eigenvalue weighted by atomic mass is 32.2. The Hall–Kier alpha value is -4.31. The topological polar surface area (TPSA) is 159 Å². The minimum absolute atomic E-state index is 0.0622. The molecule has 212 valence electrons. The van der Waals surface area contributed by atoms with Gasteiger partial charge in [0.25, 0.3) is 10.0 Å². The number of carbonyl (C=O) groups excluding carboxylic acids is 1. The summed E-state index contributed by atoms with van der Waals surface area (Å²) in [6, 6.07) is 9.69. The van der Waals surface area contributed by atoms with E-state index in [1.54, 1.807) is 0 Å². The minimum Gasteiger partial charge on any atom is -0.546 e. The Morgan fingerprint density at radius 3 is 2.40 bits per heavy atom. The van der Waals surface area contributed by atoms with Crippen LogP contribution in [0.2, 0.25) is 0 Å². The van der Waals surface area contributed by atoms with Crippen molar-refractivity contribution in [3.8, 4) is 23.0 Å². The van der Waals surface area contributed by atoms with Crippen molar-refractivity contribution in [2.24, 2.45) is 0 Å². The number of imidazole rings is 1. The molecule has 0 saturated carbocycles. The number of carbonyl (C=O) groups is 1. The maximum absolute atomic E-state index is 13.8. The number of rotatable bonds is 12. The van der Waals surface area contributed by atoms with Crippen LogP contribution in [0, 0.1) is 0 Å². The van der Waals surface area contributed by atoms with Gasteiger partial charge in [0.1, 0.15) is 18.1 Å². The first-order chi connectivity index (χ1) is 19.0. The van der Waals surface area contributed by atoms with Crippen molar-refractivity contribution in [1.29, 1.82) is 0 Å². The van der Waals surface area contributed by atoms with E-state index in [1.165, 1.54) is 44.7 Å². The third kappa shape index (κ3) is 5.96. The lowest BCUT2D eigenvalue weighted by Gasteiger charge is -2.13. The van der Waals surface area contributed by atoms with Gasteiger partial charge in [0.15, 0.2) is 11.5 Å². The second kappa shape index (κ2) is 11.8. The van der Waals surface area contributed by atoms with Crippen LogP contribution < -0.4 is 24.1 Å². The van der Waals surface area contributed by atoms with Crippen LogP contribution in [0.25, 0.3) is 11.0 Å². The predicted octanol–water partition coefficient (Wildman–Crippen LogP) is 1.72. The van der Waals surface area contributed by atoms with E-state index in [4.69, 9.17) is 14.2 Å². The standard InChI is InChI=1S/C24H21F2N3O9S2/c1-35-20-9-10-27-18(22(20)36-2)13-39(32)24-28-17-11-15(38-23(25)26)5-8-19(17)29(24)40(33,34)16-6-3-14(4-7-16)37-12-21(30)31/h3-11,23H,12-13H2,1-2H3,(H,30,31)/p-1. The maximum atomic E-state index is 13.8. The van der Waals surface area contributed by atoms with E-state index in [1.807, 2.05) is 0 Å². The van der Waals surface area contributed by atoms with Crippen LogP contribution in [-0.2, 0) is 31.4 Å². The molecule has 0 aliphatic heterocycles. The number of nitrogens with zero attached hydrogens (tertiary/aromatic N) is 3. The summed E-state index contributed by atoms with van der Waals surface area (Å²) in [7, 11) is -3.89. The molecular weight excluding hydrogens is 576 g/mol. The van der Waals surface area contributed by atoms with Crippen molar-refractivity contribution in [3.63, 3.8) is 0 Å². The van der Waals surface area contributed by atoms with Gasteiger partial charge in [-0.25, -0.2) is 17.4 Å². The molecule has 0 amide bonds. The van der Waals surface area contributed by atoms with Crippen molar-refractivity contribution in [2.75, 3.05) is 20.8 Å². The molecule has 2 aromatic heterocycles. The van der Waals surface area contributed by atoms with Gasteiger partial charge in [-0.1, -0.05) is 0 Å². The number of methoxy groups -OCH3 is 2. The molecule has 0 aliphatic carbocycles. The highest BCUT2D eigenvalue weighted by Gasteiger charge is 2.29. The zero-order valence-corrected chi connectivity index (χ0v) is 22.4. The molecular formula is C24H20F2N3O9S2-. The summed E-state index contributed by atoms with van der Waals surface area (Å²) in [4.78, 5) is 18.7. The largest absolute Gasteiger partial charge is 0.546 e. The number of carboxylic acids is 1. The lowest BCUT2D eigenvalue weighted by molar-refractivity contribution is -0.307. The van der Waals surface area contributed by atoms with Crippen molar-refractivity contribution in [1.82, 2.24) is 13.9 Å². The van der Waals surface area contributed by atoms with E-state index >= 15 is 0 Å². The van der Waals surface area contributed by atoms with Crippen molar-refractivity contribution >= 4 is 37.8 Å². The molecule has 16 heteroatoms. The fourth-order valence-corrected chi connectivity index (χ4v) is 6.63. The zero-order valence-electron chi connectivity index (χ0n) is 20.8. The Balaban J connectivity index is 1.82. The molecule has 0 N–H and O–H groups in total. The van der Waals surface area contributed by atoms with Crippen LogP contribution in [0.5, 0.6) is 23.0 Å². The first-order valence-corrected chi connectivity index (χ1v) is 13.9. The lowest BCUT2D eigenvalue weighted by Crippen LogP contribution is -2.28. The third-order valence-electron chi connectivity index (χ3n) is 5.34. The smallest absolute Gasteiger partial charge is 0.387 e. The van der Waals surface area contributed by atoms with Gasteiger partial charge in [0.05, 0.1) is 58.4 Å². The highest BCUT2D eigenvalue weighted by molar-refractivity contribution is 7.91. The SMILES string of the molecule is COc1ccnc(CS(=O)c2nc3cc(OC(F)F)ccc3n2S(=O)(=O)c2ccc(OCC(=O)[O-])cc2)c1OC. The second-order valence-electron chi connectivity index (χ2n) is 7.81. The Labute approximate surface area is 228 Å². The number of ether oxygens (including phenoxy) is 4. The molecule has 1 unspecified atom stereocenters. The molecule has 12 nitrogen and oxygen atoms in total. The number of halogens is 2. The van der Waals surface area contributed by atoms with Gasteiger partial charge in [-0.2, -0.15) is 8.78 Å². The molecule has 0 saturated heterocycles. The van der Waals surface area contributed by atoms with Gasteiger partial charge in [-0.15, -0.1) is 0 Å². The predicted molar refractivity (Wildman–Crippen MR) is 133 cm³/mol. The van der Waals surface area contributed by atoms with Crippen LogP contribution in [0.15, 0.2) is 64.8 Å². The number of fused-ring (bicyclic) bond motifs is 1. The number of hydrogen-bond acceptors (Lipinski definition) is 11. The van der Waals surface area contributed by atoms with Crippen LogP contribution in [0.3, 0.4) is 0 Å². The molecule has 2 heterocycles. The first-order valence-electron chi connectivity index (χ1n) is 11.1. The molecule has 4 rings (SSSR count). The van der Waals surface area contributed by atoms with E-state index in [-0.39, 0.29) is 44.6 Å². The van der Waals surface area contributed by atoms with Gasteiger partial charge in [-0.05, 0) is 36.4 Å². The number of carboxylic acid groups (broad SMARTS) is 1. The summed E-state index contributed by atoms with van der Waals surface area (Å²) >= 11 is 0. The highest BCUT2D eigenvalue weighted by Crippen LogP contribution is 2.33. The average Bonchev–Trinajstić information content (AvgIpc) is 3.31. The Morgan fingerprint density at radius 1 is 1.07 bits per heavy atom. The molecule has 1 atom stereocenters. The molecule has 0 radical (unpaired) electrons. The number of benzene rings is 2. The van der Waals surface area contributed by atoms with Gasteiger partial charge < -0.3 is 28.8 Å². The monoisotopic (exact) mass is 596 g/mol. The average molecular weight is 597 g/mol. The van der Waals surface area contributed by atoms with Crippen LogP contribution in [-0.4, -0.2) is 60.0 Å². The van der Waals surface area contributed by atoms with Gasteiger partial charge in [0.2, 0.25) is 5.16 Å². The number of aromatic nitrogens is 3. The second-order valence-corrected chi connectivity index (χ2v) is 10.9. The zero-order chi connectivity index (χ0) is 29.0. The summed E-state index contributed by atoms with van der Waals surface area (Å²) in [6.07, 6.45) is 1.39. The van der Waals surface area contributed by atoms with Gasteiger partial charge >= 0.3 is 6.61 Å². The van der Waals surface area contributed by atoms with E-state index in [0.29, 0.717) is 5.75 Å². The number of pyridine rings is 1. The summed E-state index contributed by atoms with van der Waals surface area (Å²) in [6.45, 7) is -3.88. The summed E-state index contributed by atoms with van der Waals surface area (Å²) < 4.78 is 87.4. The summed E-state index contributed by atoms with van der Waals surface area (Å²) in [5.74, 6) is -1.54.